The van der Waals surface area contributed by atoms with E-state index in [1.54, 1.807) is 12.1 Å². The van der Waals surface area contributed by atoms with E-state index in [-0.39, 0.29) is 23.7 Å². The SMILES string of the molecule is O=C(NOCCC(O)CO)c1cc(F)c(F)c(F)c1Nc1ccc(I)cc1Cl. The van der Waals surface area contributed by atoms with Crippen LogP contribution >= 0.6 is 34.2 Å². The highest BCUT2D eigenvalue weighted by molar-refractivity contribution is 14.1. The van der Waals surface area contributed by atoms with Crippen LogP contribution in [0.4, 0.5) is 24.5 Å². The molecule has 2 aromatic rings. The number of amides is 1. The molecule has 11 heteroatoms. The second-order valence-corrected chi connectivity index (χ2v) is 7.22. The van der Waals surface area contributed by atoms with E-state index in [9.17, 15) is 23.1 Å². The van der Waals surface area contributed by atoms with Gasteiger partial charge in [0.25, 0.3) is 5.91 Å². The number of benzene rings is 2. The van der Waals surface area contributed by atoms with Gasteiger partial charge in [0.1, 0.15) is 0 Å². The Morgan fingerprint density at radius 2 is 1.96 bits per heavy atom. The lowest BCUT2D eigenvalue weighted by molar-refractivity contribution is 0.00702. The smallest absolute Gasteiger partial charge is 0.277 e. The highest BCUT2D eigenvalue weighted by atomic mass is 127. The van der Waals surface area contributed by atoms with Crippen molar-refractivity contribution in [3.05, 3.63) is 55.9 Å². The van der Waals surface area contributed by atoms with Gasteiger partial charge in [0, 0.05) is 9.99 Å². The highest BCUT2D eigenvalue weighted by Crippen LogP contribution is 2.32. The van der Waals surface area contributed by atoms with Crippen molar-refractivity contribution in [2.45, 2.75) is 12.5 Å². The number of rotatable bonds is 8. The fourth-order valence-corrected chi connectivity index (χ4v) is 2.98. The summed E-state index contributed by atoms with van der Waals surface area (Å²) in [6.07, 6.45) is -1.04. The molecule has 1 atom stereocenters. The molecule has 1 amide bonds. The molecule has 0 aromatic heterocycles. The molecule has 1 unspecified atom stereocenters. The van der Waals surface area contributed by atoms with Crippen molar-refractivity contribution in [1.29, 1.82) is 0 Å². The topological polar surface area (TPSA) is 90.8 Å². The molecule has 0 saturated heterocycles. The third-order valence-corrected chi connectivity index (χ3v) is 4.51. The molecule has 4 N–H and O–H groups in total. The Morgan fingerprint density at radius 3 is 2.61 bits per heavy atom. The maximum atomic E-state index is 14.3. The minimum atomic E-state index is -1.76. The van der Waals surface area contributed by atoms with E-state index in [1.165, 1.54) is 6.07 Å². The number of hydroxylamine groups is 1. The molecule has 152 valence electrons. The molecule has 0 bridgehead atoms. The first-order valence-electron chi connectivity index (χ1n) is 7.85. The lowest BCUT2D eigenvalue weighted by Gasteiger charge is -2.15. The lowest BCUT2D eigenvalue weighted by atomic mass is 10.1. The number of carbonyl (C=O) groups excluding carboxylic acids is 1. The van der Waals surface area contributed by atoms with Gasteiger partial charge in [-0.05, 0) is 46.9 Å². The summed E-state index contributed by atoms with van der Waals surface area (Å²) in [6, 6.07) is 5.20. The Hall–Kier alpha value is -1.60. The van der Waals surface area contributed by atoms with Crippen molar-refractivity contribution in [3.8, 4) is 0 Å². The van der Waals surface area contributed by atoms with Gasteiger partial charge < -0.3 is 15.5 Å². The van der Waals surface area contributed by atoms with Crippen LogP contribution in [0.1, 0.15) is 16.8 Å². The maximum Gasteiger partial charge on any atom is 0.277 e. The third kappa shape index (κ3) is 5.70. The second kappa shape index (κ2) is 10.3. The van der Waals surface area contributed by atoms with Gasteiger partial charge in [0.2, 0.25) is 0 Å². The Kier molecular flexibility index (Phi) is 8.31. The van der Waals surface area contributed by atoms with E-state index >= 15 is 0 Å². The van der Waals surface area contributed by atoms with Crippen LogP contribution in [0.25, 0.3) is 0 Å². The number of halogens is 5. The number of carbonyl (C=O) groups is 1. The lowest BCUT2D eigenvalue weighted by Crippen LogP contribution is -2.27. The molecule has 28 heavy (non-hydrogen) atoms. The number of hydrogen-bond donors (Lipinski definition) is 4. The molecule has 0 heterocycles. The summed E-state index contributed by atoms with van der Waals surface area (Å²) < 4.78 is 42.4. The zero-order valence-corrected chi connectivity index (χ0v) is 17.0. The van der Waals surface area contributed by atoms with Crippen LogP contribution in [-0.4, -0.2) is 35.4 Å². The summed E-state index contributed by atoms with van der Waals surface area (Å²) >= 11 is 8.06. The normalized spacial score (nSPS) is 12.0. The van der Waals surface area contributed by atoms with Crippen LogP contribution in [-0.2, 0) is 4.84 Å². The molecule has 2 aromatic carbocycles. The Balaban J connectivity index is 2.26. The number of aliphatic hydroxyl groups is 2. The van der Waals surface area contributed by atoms with E-state index in [1.807, 2.05) is 28.1 Å². The van der Waals surface area contributed by atoms with Crippen LogP contribution in [0.2, 0.25) is 5.02 Å². The molecular weight excluding hydrogens is 516 g/mol. The number of nitrogens with one attached hydrogen (secondary N) is 2. The largest absolute Gasteiger partial charge is 0.394 e. The first-order valence-corrected chi connectivity index (χ1v) is 9.30. The van der Waals surface area contributed by atoms with E-state index in [2.05, 4.69) is 5.32 Å². The fraction of sp³-hybridized carbons (Fsp3) is 0.235. The number of aliphatic hydroxyl groups excluding tert-OH is 2. The Labute approximate surface area is 176 Å². The van der Waals surface area contributed by atoms with Gasteiger partial charge in [-0.25, -0.2) is 18.7 Å². The minimum absolute atomic E-state index is 0.00624. The van der Waals surface area contributed by atoms with Gasteiger partial charge in [0.15, 0.2) is 17.5 Å². The zero-order valence-electron chi connectivity index (χ0n) is 14.1. The van der Waals surface area contributed by atoms with E-state index in [4.69, 9.17) is 21.5 Å². The van der Waals surface area contributed by atoms with Gasteiger partial charge in [-0.15, -0.1) is 0 Å². The van der Waals surface area contributed by atoms with Crippen LogP contribution in [0.5, 0.6) is 0 Å². The molecule has 2 rings (SSSR count). The van der Waals surface area contributed by atoms with Crippen molar-refractivity contribution in [2.24, 2.45) is 0 Å². The Morgan fingerprint density at radius 1 is 1.25 bits per heavy atom. The van der Waals surface area contributed by atoms with Crippen molar-refractivity contribution in [2.75, 3.05) is 18.5 Å². The van der Waals surface area contributed by atoms with Crippen molar-refractivity contribution < 1.29 is 33.0 Å². The van der Waals surface area contributed by atoms with Crippen LogP contribution < -0.4 is 10.8 Å². The van der Waals surface area contributed by atoms with Crippen molar-refractivity contribution >= 4 is 51.5 Å². The molecule has 0 spiro atoms. The molecule has 6 nitrogen and oxygen atoms in total. The summed E-state index contributed by atoms with van der Waals surface area (Å²) in [6.45, 7) is -0.665. The standard InChI is InChI=1S/C17H15ClF3IN2O4/c18-11-5-8(22)1-2-13(11)23-16-10(6-12(19)14(20)15(16)21)17(27)24-28-4-3-9(26)7-25/h1-2,5-6,9,23,25-26H,3-4,7H2,(H,24,27). The average molecular weight is 531 g/mol. The fourth-order valence-electron chi connectivity index (χ4n) is 2.08. The summed E-state index contributed by atoms with van der Waals surface area (Å²) in [4.78, 5) is 17.1. The van der Waals surface area contributed by atoms with Gasteiger partial charge >= 0.3 is 0 Å². The summed E-state index contributed by atoms with van der Waals surface area (Å²) in [5.74, 6) is -5.97. The van der Waals surface area contributed by atoms with Crippen molar-refractivity contribution in [3.63, 3.8) is 0 Å². The van der Waals surface area contributed by atoms with Gasteiger partial charge in [-0.3, -0.25) is 9.63 Å². The predicted octanol–water partition coefficient (Wildman–Crippen LogP) is 3.51. The van der Waals surface area contributed by atoms with E-state index < -0.39 is 47.3 Å². The van der Waals surface area contributed by atoms with Crippen LogP contribution in [0.3, 0.4) is 0 Å². The second-order valence-electron chi connectivity index (χ2n) is 5.56. The zero-order chi connectivity index (χ0) is 20.8. The van der Waals surface area contributed by atoms with Crippen molar-refractivity contribution in [1.82, 2.24) is 5.48 Å². The van der Waals surface area contributed by atoms with Crippen LogP contribution in [0, 0.1) is 21.0 Å². The van der Waals surface area contributed by atoms with E-state index in [0.29, 0.717) is 6.07 Å². The molecule has 0 aliphatic rings. The Bertz CT molecular complexity index is 873. The summed E-state index contributed by atoms with van der Waals surface area (Å²) in [5, 5.41) is 20.6. The summed E-state index contributed by atoms with van der Waals surface area (Å²) in [5.41, 5.74) is 0.927. The molecule has 0 saturated carbocycles. The first kappa shape index (κ1) is 22.7. The number of anilines is 2. The van der Waals surface area contributed by atoms with Crippen LogP contribution in [0.15, 0.2) is 24.3 Å². The predicted molar refractivity (Wildman–Crippen MR) is 105 cm³/mol. The third-order valence-electron chi connectivity index (χ3n) is 3.53. The van der Waals surface area contributed by atoms with Gasteiger partial charge in [-0.1, -0.05) is 11.6 Å². The minimum Gasteiger partial charge on any atom is -0.394 e. The molecule has 0 aliphatic heterocycles. The van der Waals surface area contributed by atoms with Gasteiger partial charge in [-0.2, -0.15) is 0 Å². The monoisotopic (exact) mass is 530 g/mol. The first-order chi connectivity index (χ1) is 13.2. The molecule has 0 aliphatic carbocycles. The number of hydrogen-bond acceptors (Lipinski definition) is 5. The molecular formula is C17H15ClF3IN2O4. The maximum absolute atomic E-state index is 14.3. The average Bonchev–Trinajstić information content (AvgIpc) is 2.66. The summed E-state index contributed by atoms with van der Waals surface area (Å²) in [7, 11) is 0. The highest BCUT2D eigenvalue weighted by Gasteiger charge is 2.24. The molecule has 0 fully saturated rings. The van der Waals surface area contributed by atoms with Gasteiger partial charge in [0.05, 0.1) is 41.3 Å². The molecule has 0 radical (unpaired) electrons. The quantitative estimate of drug-likeness (QED) is 0.182. The van der Waals surface area contributed by atoms with E-state index in [0.717, 1.165) is 3.57 Å².